The Morgan fingerprint density at radius 3 is 2.57 bits per heavy atom. The highest BCUT2D eigenvalue weighted by Gasteiger charge is 2.18. The van der Waals surface area contributed by atoms with E-state index < -0.39 is 10.0 Å². The molecular weight excluding hydrogens is 288 g/mol. The average Bonchev–Trinajstić information content (AvgIpc) is 2.99. The van der Waals surface area contributed by atoms with E-state index in [1.165, 1.54) is 18.4 Å². The lowest BCUT2D eigenvalue weighted by Crippen LogP contribution is -2.22. The van der Waals surface area contributed by atoms with Crippen LogP contribution in [0, 0.1) is 0 Å². The summed E-state index contributed by atoms with van der Waals surface area (Å²) in [5.41, 5.74) is 0.751. The molecule has 0 fully saturated rings. The largest absolute Gasteiger partial charge is 0.467 e. The van der Waals surface area contributed by atoms with Crippen molar-refractivity contribution in [3.8, 4) is 0 Å². The summed E-state index contributed by atoms with van der Waals surface area (Å²) in [6.07, 6.45) is 2.46. The van der Waals surface area contributed by atoms with E-state index >= 15 is 0 Å². The number of furan rings is 1. The Bertz CT molecular complexity index is 679. The van der Waals surface area contributed by atoms with Crippen LogP contribution in [0.25, 0.3) is 0 Å². The Morgan fingerprint density at radius 1 is 1.24 bits per heavy atom. The number of sulfonamides is 1. The molecule has 1 heterocycles. The van der Waals surface area contributed by atoms with Crippen molar-refractivity contribution >= 4 is 15.7 Å². The van der Waals surface area contributed by atoms with Crippen molar-refractivity contribution in [3.63, 3.8) is 0 Å². The number of anilines is 1. The fraction of sp³-hybridized carbons (Fsp3) is 0.333. The normalized spacial score (nSPS) is 13.3. The molecule has 0 aliphatic carbocycles. The Hall–Kier alpha value is -1.79. The van der Waals surface area contributed by atoms with E-state index in [0.29, 0.717) is 0 Å². The van der Waals surface area contributed by atoms with Crippen molar-refractivity contribution in [3.05, 3.63) is 48.4 Å². The maximum absolute atomic E-state index is 12.1. The number of rotatable bonds is 6. The van der Waals surface area contributed by atoms with Gasteiger partial charge in [0.25, 0.3) is 0 Å². The van der Waals surface area contributed by atoms with E-state index in [2.05, 4.69) is 5.32 Å². The predicted molar refractivity (Wildman–Crippen MR) is 82.7 cm³/mol. The summed E-state index contributed by atoms with van der Waals surface area (Å²) in [5, 5.41) is 3.31. The van der Waals surface area contributed by atoms with Gasteiger partial charge in [0, 0.05) is 19.8 Å². The third-order valence-corrected chi connectivity index (χ3v) is 5.06. The minimum absolute atomic E-state index is 0.0114. The second-order valence-corrected chi connectivity index (χ2v) is 7.09. The number of hydrogen-bond acceptors (Lipinski definition) is 4. The molecule has 2 rings (SSSR count). The van der Waals surface area contributed by atoms with Gasteiger partial charge in [0.05, 0.1) is 17.2 Å². The van der Waals surface area contributed by atoms with Gasteiger partial charge in [0.15, 0.2) is 0 Å². The topological polar surface area (TPSA) is 62.6 Å². The highest BCUT2D eigenvalue weighted by Crippen LogP contribution is 2.25. The van der Waals surface area contributed by atoms with Crippen molar-refractivity contribution in [1.29, 1.82) is 0 Å². The minimum Gasteiger partial charge on any atom is -0.467 e. The summed E-state index contributed by atoms with van der Waals surface area (Å²) in [6, 6.07) is 10.6. The Balaban J connectivity index is 2.26. The van der Waals surface area contributed by atoms with E-state index in [0.717, 1.165) is 17.9 Å². The Labute approximate surface area is 125 Å². The molecule has 0 saturated carbocycles. The third kappa shape index (κ3) is 3.46. The van der Waals surface area contributed by atoms with Crippen LogP contribution in [0.4, 0.5) is 5.69 Å². The molecule has 1 N–H and O–H groups in total. The second kappa shape index (κ2) is 6.32. The average molecular weight is 308 g/mol. The standard InChI is InChI=1S/C15H20N2O3S/c1-4-14(15-9-6-10-20-15)16-12-7-5-8-13(11-12)21(18,19)17(2)3/h5-11,14,16H,4H2,1-3H3. The summed E-state index contributed by atoms with van der Waals surface area (Å²) in [6.45, 7) is 2.04. The fourth-order valence-electron chi connectivity index (χ4n) is 2.02. The zero-order valence-electron chi connectivity index (χ0n) is 12.4. The molecular formula is C15H20N2O3S. The molecule has 0 aliphatic rings. The van der Waals surface area contributed by atoms with Crippen molar-refractivity contribution in [1.82, 2.24) is 4.31 Å². The molecule has 0 spiro atoms. The van der Waals surface area contributed by atoms with E-state index in [1.807, 2.05) is 25.1 Å². The first-order chi connectivity index (χ1) is 9.95. The first kappa shape index (κ1) is 15.6. The Morgan fingerprint density at radius 2 is 2.00 bits per heavy atom. The molecule has 114 valence electrons. The van der Waals surface area contributed by atoms with Gasteiger partial charge in [-0.2, -0.15) is 0 Å². The second-order valence-electron chi connectivity index (χ2n) is 4.94. The third-order valence-electron chi connectivity index (χ3n) is 3.25. The molecule has 0 bridgehead atoms. The number of hydrogen-bond donors (Lipinski definition) is 1. The lowest BCUT2D eigenvalue weighted by Gasteiger charge is -2.17. The van der Waals surface area contributed by atoms with Gasteiger partial charge in [-0.25, -0.2) is 12.7 Å². The molecule has 1 aromatic carbocycles. The highest BCUT2D eigenvalue weighted by molar-refractivity contribution is 7.89. The number of nitrogens with one attached hydrogen (secondary N) is 1. The molecule has 1 atom stereocenters. The molecule has 0 amide bonds. The predicted octanol–water partition coefficient (Wildman–Crippen LogP) is 3.09. The lowest BCUT2D eigenvalue weighted by atomic mass is 10.1. The summed E-state index contributed by atoms with van der Waals surface area (Å²) in [4.78, 5) is 0.270. The van der Waals surface area contributed by atoms with Crippen LogP contribution in [-0.4, -0.2) is 26.8 Å². The summed E-state index contributed by atoms with van der Waals surface area (Å²) >= 11 is 0. The molecule has 0 radical (unpaired) electrons. The maximum atomic E-state index is 12.1. The van der Waals surface area contributed by atoms with E-state index in [9.17, 15) is 8.42 Å². The highest BCUT2D eigenvalue weighted by atomic mass is 32.2. The van der Waals surface area contributed by atoms with Crippen molar-refractivity contribution in [2.75, 3.05) is 19.4 Å². The van der Waals surface area contributed by atoms with Gasteiger partial charge < -0.3 is 9.73 Å². The molecule has 2 aromatic rings. The van der Waals surface area contributed by atoms with Gasteiger partial charge in [-0.15, -0.1) is 0 Å². The van der Waals surface area contributed by atoms with Gasteiger partial charge in [0.1, 0.15) is 5.76 Å². The summed E-state index contributed by atoms with van der Waals surface area (Å²) in [7, 11) is -0.384. The first-order valence-electron chi connectivity index (χ1n) is 6.77. The van der Waals surface area contributed by atoms with Crippen molar-refractivity contribution < 1.29 is 12.8 Å². The van der Waals surface area contributed by atoms with Crippen LogP contribution in [0.3, 0.4) is 0 Å². The quantitative estimate of drug-likeness (QED) is 0.890. The van der Waals surface area contributed by atoms with Crippen LogP contribution < -0.4 is 5.32 Å². The Kier molecular flexibility index (Phi) is 4.69. The zero-order chi connectivity index (χ0) is 15.5. The van der Waals surface area contributed by atoms with E-state index in [1.54, 1.807) is 24.5 Å². The first-order valence-corrected chi connectivity index (χ1v) is 8.21. The van der Waals surface area contributed by atoms with Crippen molar-refractivity contribution in [2.45, 2.75) is 24.3 Å². The van der Waals surface area contributed by atoms with Crippen LogP contribution in [0.1, 0.15) is 25.1 Å². The van der Waals surface area contributed by atoms with Gasteiger partial charge in [-0.05, 0) is 36.8 Å². The van der Waals surface area contributed by atoms with Crippen LogP contribution in [0.2, 0.25) is 0 Å². The van der Waals surface area contributed by atoms with Gasteiger partial charge in [-0.3, -0.25) is 0 Å². The summed E-state index contributed by atoms with van der Waals surface area (Å²) in [5.74, 6) is 0.832. The fourth-order valence-corrected chi connectivity index (χ4v) is 2.97. The number of nitrogens with zero attached hydrogens (tertiary/aromatic N) is 1. The molecule has 1 unspecified atom stereocenters. The van der Waals surface area contributed by atoms with Crippen LogP contribution in [0.5, 0.6) is 0 Å². The molecule has 21 heavy (non-hydrogen) atoms. The molecule has 1 aromatic heterocycles. The molecule has 0 aliphatic heterocycles. The van der Waals surface area contributed by atoms with E-state index in [4.69, 9.17) is 4.42 Å². The molecule has 5 nitrogen and oxygen atoms in total. The van der Waals surface area contributed by atoms with Crippen LogP contribution in [0.15, 0.2) is 52.0 Å². The molecule has 0 saturated heterocycles. The van der Waals surface area contributed by atoms with Crippen LogP contribution in [-0.2, 0) is 10.0 Å². The SMILES string of the molecule is CCC(Nc1cccc(S(=O)(=O)N(C)C)c1)c1ccco1. The van der Waals surface area contributed by atoms with Gasteiger partial charge in [-0.1, -0.05) is 13.0 Å². The van der Waals surface area contributed by atoms with E-state index in [-0.39, 0.29) is 10.9 Å². The smallest absolute Gasteiger partial charge is 0.242 e. The molecule has 6 heteroatoms. The van der Waals surface area contributed by atoms with Gasteiger partial charge >= 0.3 is 0 Å². The summed E-state index contributed by atoms with van der Waals surface area (Å²) < 4.78 is 30.9. The lowest BCUT2D eigenvalue weighted by molar-refractivity contribution is 0.474. The minimum atomic E-state index is -3.43. The van der Waals surface area contributed by atoms with Crippen LogP contribution >= 0.6 is 0 Å². The monoisotopic (exact) mass is 308 g/mol. The number of benzene rings is 1. The van der Waals surface area contributed by atoms with Gasteiger partial charge in [0.2, 0.25) is 10.0 Å². The maximum Gasteiger partial charge on any atom is 0.242 e. The van der Waals surface area contributed by atoms with Crippen molar-refractivity contribution in [2.24, 2.45) is 0 Å². The zero-order valence-corrected chi connectivity index (χ0v) is 13.2.